The first-order valence-electron chi connectivity index (χ1n) is 7.29. The Labute approximate surface area is 131 Å². The molecule has 1 N–H and O–H groups in total. The molecule has 4 nitrogen and oxygen atoms in total. The number of aromatic carboxylic acids is 1. The van der Waals surface area contributed by atoms with E-state index in [4.69, 9.17) is 16.3 Å². The lowest BCUT2D eigenvalue weighted by atomic mass is 9.76. The number of esters is 1. The van der Waals surface area contributed by atoms with Crippen molar-refractivity contribution in [3.63, 3.8) is 0 Å². The van der Waals surface area contributed by atoms with Gasteiger partial charge in [-0.05, 0) is 24.0 Å². The zero-order chi connectivity index (χ0) is 16.8. The van der Waals surface area contributed by atoms with Gasteiger partial charge in [-0.1, -0.05) is 45.2 Å². The van der Waals surface area contributed by atoms with Gasteiger partial charge in [0.2, 0.25) is 0 Å². The first kappa shape index (κ1) is 17.8. The smallest absolute Gasteiger partial charge is 0.339 e. The Morgan fingerprint density at radius 3 is 2.41 bits per heavy atom. The molecular weight excluding hydrogens is 280 g/mol. The molecule has 0 aromatic heterocycles. The highest BCUT2D eigenvalue weighted by Crippen LogP contribution is 2.32. The standard InChI is InChI=1S/C18H22O4/c1-5-11-18(3,4)13(6-2)12-22-17(21)15-10-8-7-9-14(15)16(19)20/h2,7-10,13H,5,11-12H2,1,3-4H3,(H,19,20). The summed E-state index contributed by atoms with van der Waals surface area (Å²) in [5.41, 5.74) is -0.174. The molecule has 0 radical (unpaired) electrons. The molecule has 1 aromatic rings. The lowest BCUT2D eigenvalue weighted by molar-refractivity contribution is 0.0373. The summed E-state index contributed by atoms with van der Waals surface area (Å²) < 4.78 is 5.26. The van der Waals surface area contributed by atoms with Gasteiger partial charge in [0.05, 0.1) is 17.0 Å². The van der Waals surface area contributed by atoms with Crippen LogP contribution in [-0.4, -0.2) is 23.7 Å². The monoisotopic (exact) mass is 302 g/mol. The summed E-state index contributed by atoms with van der Waals surface area (Å²) in [6, 6.07) is 5.98. The van der Waals surface area contributed by atoms with Crippen molar-refractivity contribution < 1.29 is 19.4 Å². The number of carbonyl (C=O) groups excluding carboxylic acids is 1. The fourth-order valence-electron chi connectivity index (χ4n) is 2.40. The van der Waals surface area contributed by atoms with Gasteiger partial charge in [0, 0.05) is 0 Å². The van der Waals surface area contributed by atoms with E-state index in [1.54, 1.807) is 12.1 Å². The predicted octanol–water partition coefficient (Wildman–Crippen LogP) is 3.62. The van der Waals surface area contributed by atoms with Crippen LogP contribution in [0.15, 0.2) is 24.3 Å². The average Bonchev–Trinajstić information content (AvgIpc) is 2.47. The summed E-state index contributed by atoms with van der Waals surface area (Å²) in [5.74, 6) is 0.642. The molecule has 0 fully saturated rings. The van der Waals surface area contributed by atoms with E-state index in [-0.39, 0.29) is 29.1 Å². The van der Waals surface area contributed by atoms with Gasteiger partial charge in [-0.2, -0.15) is 0 Å². The largest absolute Gasteiger partial charge is 0.478 e. The molecule has 1 unspecified atom stereocenters. The van der Waals surface area contributed by atoms with Crippen molar-refractivity contribution in [1.82, 2.24) is 0 Å². The molecule has 0 saturated heterocycles. The van der Waals surface area contributed by atoms with Gasteiger partial charge in [0.15, 0.2) is 0 Å². The van der Waals surface area contributed by atoms with E-state index in [9.17, 15) is 9.59 Å². The summed E-state index contributed by atoms with van der Waals surface area (Å²) in [6.07, 6.45) is 7.47. The summed E-state index contributed by atoms with van der Waals surface area (Å²) in [7, 11) is 0. The van der Waals surface area contributed by atoms with Gasteiger partial charge in [-0.3, -0.25) is 0 Å². The molecule has 0 aliphatic heterocycles. The highest BCUT2D eigenvalue weighted by molar-refractivity contribution is 6.02. The second kappa shape index (κ2) is 7.65. The first-order valence-corrected chi connectivity index (χ1v) is 7.29. The maximum Gasteiger partial charge on any atom is 0.339 e. The molecule has 0 amide bonds. The topological polar surface area (TPSA) is 63.6 Å². The molecule has 4 heteroatoms. The van der Waals surface area contributed by atoms with Crippen LogP contribution in [0.25, 0.3) is 0 Å². The quantitative estimate of drug-likeness (QED) is 0.617. The SMILES string of the molecule is C#CC(COC(=O)c1ccccc1C(=O)O)C(C)(C)CCC. The average molecular weight is 302 g/mol. The fourth-order valence-corrected chi connectivity index (χ4v) is 2.40. The number of ether oxygens (including phenoxy) is 1. The van der Waals surface area contributed by atoms with Crippen LogP contribution in [-0.2, 0) is 4.74 Å². The Morgan fingerprint density at radius 2 is 1.91 bits per heavy atom. The maximum absolute atomic E-state index is 12.1. The van der Waals surface area contributed by atoms with Crippen molar-refractivity contribution in [3.05, 3.63) is 35.4 Å². The van der Waals surface area contributed by atoms with E-state index in [1.165, 1.54) is 12.1 Å². The van der Waals surface area contributed by atoms with Crippen LogP contribution >= 0.6 is 0 Å². The minimum atomic E-state index is -1.16. The van der Waals surface area contributed by atoms with E-state index in [0.717, 1.165) is 12.8 Å². The highest BCUT2D eigenvalue weighted by atomic mass is 16.5. The van der Waals surface area contributed by atoms with Gasteiger partial charge in [-0.25, -0.2) is 9.59 Å². The zero-order valence-corrected chi connectivity index (χ0v) is 13.3. The van der Waals surface area contributed by atoms with Crippen LogP contribution in [0.5, 0.6) is 0 Å². The maximum atomic E-state index is 12.1. The molecule has 1 atom stereocenters. The van der Waals surface area contributed by atoms with E-state index < -0.39 is 11.9 Å². The minimum absolute atomic E-state index is 0.0408. The third-order valence-corrected chi connectivity index (χ3v) is 3.80. The van der Waals surface area contributed by atoms with Crippen LogP contribution in [0.2, 0.25) is 0 Å². The van der Waals surface area contributed by atoms with Crippen molar-refractivity contribution in [2.75, 3.05) is 6.61 Å². The molecule has 0 heterocycles. The highest BCUT2D eigenvalue weighted by Gasteiger charge is 2.29. The van der Waals surface area contributed by atoms with Crippen LogP contribution in [0, 0.1) is 23.7 Å². The summed E-state index contributed by atoms with van der Waals surface area (Å²) >= 11 is 0. The summed E-state index contributed by atoms with van der Waals surface area (Å²) in [4.78, 5) is 23.2. The molecule has 0 aliphatic carbocycles. The molecule has 0 spiro atoms. The fraction of sp³-hybridized carbons (Fsp3) is 0.444. The molecule has 22 heavy (non-hydrogen) atoms. The zero-order valence-electron chi connectivity index (χ0n) is 13.3. The van der Waals surface area contributed by atoms with Gasteiger partial charge >= 0.3 is 11.9 Å². The minimum Gasteiger partial charge on any atom is -0.478 e. The Bertz CT molecular complexity index is 581. The lowest BCUT2D eigenvalue weighted by Crippen LogP contribution is -2.28. The van der Waals surface area contributed by atoms with E-state index in [2.05, 4.69) is 12.8 Å². The van der Waals surface area contributed by atoms with Gasteiger partial charge in [0.1, 0.15) is 6.61 Å². The van der Waals surface area contributed by atoms with E-state index >= 15 is 0 Å². The second-order valence-corrected chi connectivity index (χ2v) is 5.91. The Balaban J connectivity index is 2.82. The predicted molar refractivity (Wildman–Crippen MR) is 84.7 cm³/mol. The molecule has 1 rings (SSSR count). The van der Waals surface area contributed by atoms with Crippen LogP contribution in [0.4, 0.5) is 0 Å². The number of terminal acetylenes is 1. The van der Waals surface area contributed by atoms with Crippen molar-refractivity contribution in [3.8, 4) is 12.3 Å². The van der Waals surface area contributed by atoms with Crippen molar-refractivity contribution in [2.45, 2.75) is 33.6 Å². The number of carboxylic acids is 1. The van der Waals surface area contributed by atoms with E-state index in [0.29, 0.717) is 0 Å². The Hall–Kier alpha value is -2.28. The number of rotatable bonds is 7. The molecule has 118 valence electrons. The molecule has 0 saturated carbocycles. The molecule has 0 bridgehead atoms. The van der Waals surface area contributed by atoms with Gasteiger partial charge in [0.25, 0.3) is 0 Å². The number of hydrogen-bond donors (Lipinski definition) is 1. The van der Waals surface area contributed by atoms with Crippen LogP contribution in [0.3, 0.4) is 0 Å². The third kappa shape index (κ3) is 4.36. The van der Waals surface area contributed by atoms with Crippen molar-refractivity contribution in [2.24, 2.45) is 11.3 Å². The normalized spacial score (nSPS) is 12.3. The lowest BCUT2D eigenvalue weighted by Gasteiger charge is -2.30. The Kier molecular flexibility index (Phi) is 6.18. The van der Waals surface area contributed by atoms with Crippen LogP contribution in [0.1, 0.15) is 54.3 Å². The molecule has 0 aliphatic rings. The van der Waals surface area contributed by atoms with Gasteiger partial charge in [-0.15, -0.1) is 6.42 Å². The molecular formula is C18H22O4. The van der Waals surface area contributed by atoms with Gasteiger partial charge < -0.3 is 9.84 Å². The van der Waals surface area contributed by atoms with Crippen molar-refractivity contribution in [1.29, 1.82) is 0 Å². The van der Waals surface area contributed by atoms with Crippen LogP contribution < -0.4 is 0 Å². The van der Waals surface area contributed by atoms with Crippen molar-refractivity contribution >= 4 is 11.9 Å². The number of carbonyl (C=O) groups is 2. The Morgan fingerprint density at radius 1 is 1.32 bits per heavy atom. The third-order valence-electron chi connectivity index (χ3n) is 3.80. The summed E-state index contributed by atoms with van der Waals surface area (Å²) in [6.45, 7) is 6.24. The number of hydrogen-bond acceptors (Lipinski definition) is 3. The first-order chi connectivity index (χ1) is 10.3. The number of carboxylic acid groups (broad SMARTS) is 1. The van der Waals surface area contributed by atoms with E-state index in [1.807, 2.05) is 13.8 Å². The summed E-state index contributed by atoms with van der Waals surface area (Å²) in [5, 5.41) is 9.10. The number of benzene rings is 1. The molecule has 1 aromatic carbocycles. The second-order valence-electron chi connectivity index (χ2n) is 5.91.